The van der Waals surface area contributed by atoms with Crippen LogP contribution < -0.4 is 4.74 Å². The molecule has 3 nitrogen and oxygen atoms in total. The van der Waals surface area contributed by atoms with Crippen molar-refractivity contribution in [1.82, 2.24) is 4.90 Å². The first-order valence-corrected chi connectivity index (χ1v) is 4.52. The van der Waals surface area contributed by atoms with E-state index in [9.17, 15) is 4.79 Å². The smallest absolute Gasteiger partial charge is 0.254 e. The van der Waals surface area contributed by atoms with Crippen LogP contribution in [-0.4, -0.2) is 31.5 Å². The maximum Gasteiger partial charge on any atom is 0.254 e. The summed E-state index contributed by atoms with van der Waals surface area (Å²) in [4.78, 5) is 13.3. The van der Waals surface area contributed by atoms with Gasteiger partial charge in [0.25, 0.3) is 5.91 Å². The SMILES string of the molecule is C#CCN(C)C(=O)c1cccc(OC)c1. The van der Waals surface area contributed by atoms with E-state index in [2.05, 4.69) is 5.92 Å². The van der Waals surface area contributed by atoms with Crippen LogP contribution in [0.1, 0.15) is 10.4 Å². The van der Waals surface area contributed by atoms with Gasteiger partial charge in [0.05, 0.1) is 13.7 Å². The van der Waals surface area contributed by atoms with Crippen LogP contribution in [0.3, 0.4) is 0 Å². The molecule has 15 heavy (non-hydrogen) atoms. The highest BCUT2D eigenvalue weighted by atomic mass is 16.5. The van der Waals surface area contributed by atoms with Crippen molar-refractivity contribution in [3.05, 3.63) is 29.8 Å². The van der Waals surface area contributed by atoms with Crippen molar-refractivity contribution in [2.75, 3.05) is 20.7 Å². The molecule has 0 heterocycles. The third-order valence-electron chi connectivity index (χ3n) is 1.99. The summed E-state index contributed by atoms with van der Waals surface area (Å²) in [6, 6.07) is 6.99. The Hall–Kier alpha value is -1.95. The lowest BCUT2D eigenvalue weighted by atomic mass is 10.2. The Bertz CT molecular complexity index is 393. The van der Waals surface area contributed by atoms with Crippen LogP contribution >= 0.6 is 0 Å². The van der Waals surface area contributed by atoms with E-state index in [4.69, 9.17) is 11.2 Å². The first-order chi connectivity index (χ1) is 7.19. The predicted molar refractivity (Wildman–Crippen MR) is 58.8 cm³/mol. The predicted octanol–water partition coefficient (Wildman–Crippen LogP) is 1.40. The van der Waals surface area contributed by atoms with Crippen molar-refractivity contribution in [1.29, 1.82) is 0 Å². The molecule has 0 saturated heterocycles. The Morgan fingerprint density at radius 2 is 2.33 bits per heavy atom. The Kier molecular flexibility index (Phi) is 3.75. The van der Waals surface area contributed by atoms with Gasteiger partial charge >= 0.3 is 0 Å². The molecule has 1 aromatic rings. The van der Waals surface area contributed by atoms with E-state index in [1.54, 1.807) is 38.4 Å². The van der Waals surface area contributed by atoms with Crippen molar-refractivity contribution < 1.29 is 9.53 Å². The summed E-state index contributed by atoms with van der Waals surface area (Å²) in [5.41, 5.74) is 0.576. The van der Waals surface area contributed by atoms with Crippen molar-refractivity contribution in [3.63, 3.8) is 0 Å². The Labute approximate surface area is 89.7 Å². The zero-order chi connectivity index (χ0) is 11.3. The van der Waals surface area contributed by atoms with Gasteiger partial charge in [0.15, 0.2) is 0 Å². The zero-order valence-electron chi connectivity index (χ0n) is 8.86. The number of rotatable bonds is 3. The molecule has 0 aliphatic rings. The molecule has 0 fully saturated rings. The summed E-state index contributed by atoms with van der Waals surface area (Å²) < 4.78 is 5.03. The minimum absolute atomic E-state index is 0.105. The summed E-state index contributed by atoms with van der Waals surface area (Å²) in [5.74, 6) is 2.98. The van der Waals surface area contributed by atoms with Gasteiger partial charge < -0.3 is 9.64 Å². The van der Waals surface area contributed by atoms with Crippen LogP contribution in [0.4, 0.5) is 0 Å². The fourth-order valence-electron chi connectivity index (χ4n) is 1.19. The number of hydrogen-bond donors (Lipinski definition) is 0. The van der Waals surface area contributed by atoms with Gasteiger partial charge in [-0.25, -0.2) is 0 Å². The third kappa shape index (κ3) is 2.75. The van der Waals surface area contributed by atoms with E-state index < -0.39 is 0 Å². The highest BCUT2D eigenvalue weighted by molar-refractivity contribution is 5.94. The number of nitrogens with zero attached hydrogens (tertiary/aromatic N) is 1. The molecule has 3 heteroatoms. The van der Waals surface area contributed by atoms with E-state index in [-0.39, 0.29) is 5.91 Å². The number of ether oxygens (including phenoxy) is 1. The average Bonchev–Trinajstić information content (AvgIpc) is 2.28. The van der Waals surface area contributed by atoms with E-state index in [1.807, 2.05) is 0 Å². The number of terminal acetylenes is 1. The van der Waals surface area contributed by atoms with Gasteiger partial charge in [0.2, 0.25) is 0 Å². The highest BCUT2D eigenvalue weighted by Gasteiger charge is 2.10. The summed E-state index contributed by atoms with van der Waals surface area (Å²) in [6.45, 7) is 0.302. The lowest BCUT2D eigenvalue weighted by Gasteiger charge is -2.14. The second-order valence-corrected chi connectivity index (χ2v) is 3.10. The van der Waals surface area contributed by atoms with Crippen molar-refractivity contribution in [2.45, 2.75) is 0 Å². The van der Waals surface area contributed by atoms with E-state index in [0.29, 0.717) is 17.9 Å². The molecule has 0 N–H and O–H groups in total. The van der Waals surface area contributed by atoms with Gasteiger partial charge in [-0.1, -0.05) is 12.0 Å². The van der Waals surface area contributed by atoms with Crippen molar-refractivity contribution in [2.24, 2.45) is 0 Å². The summed E-state index contributed by atoms with van der Waals surface area (Å²) in [6.07, 6.45) is 5.13. The van der Waals surface area contributed by atoms with Crippen molar-refractivity contribution >= 4 is 5.91 Å². The zero-order valence-corrected chi connectivity index (χ0v) is 8.86. The maximum absolute atomic E-state index is 11.8. The van der Waals surface area contributed by atoms with Crippen LogP contribution in [0.15, 0.2) is 24.3 Å². The fraction of sp³-hybridized carbons (Fsp3) is 0.250. The van der Waals surface area contributed by atoms with Gasteiger partial charge in [-0.2, -0.15) is 0 Å². The number of benzene rings is 1. The van der Waals surface area contributed by atoms with Gasteiger partial charge in [-0.3, -0.25) is 4.79 Å². The molecule has 0 aromatic heterocycles. The number of carbonyl (C=O) groups excluding carboxylic acids is 1. The van der Waals surface area contributed by atoms with E-state index >= 15 is 0 Å². The second kappa shape index (κ2) is 5.06. The first-order valence-electron chi connectivity index (χ1n) is 4.52. The standard InChI is InChI=1S/C12H13NO2/c1-4-8-13(2)12(14)10-6-5-7-11(9-10)15-3/h1,5-7,9H,8H2,2-3H3. The quantitative estimate of drug-likeness (QED) is 0.695. The molecular formula is C12H13NO2. The van der Waals surface area contributed by atoms with Crippen LogP contribution in [0.2, 0.25) is 0 Å². The molecule has 0 aliphatic carbocycles. The lowest BCUT2D eigenvalue weighted by Crippen LogP contribution is -2.26. The van der Waals surface area contributed by atoms with Crippen LogP contribution in [0, 0.1) is 12.3 Å². The van der Waals surface area contributed by atoms with Gasteiger partial charge in [-0.15, -0.1) is 6.42 Å². The Morgan fingerprint density at radius 3 is 2.93 bits per heavy atom. The summed E-state index contributed by atoms with van der Waals surface area (Å²) in [5, 5.41) is 0. The van der Waals surface area contributed by atoms with Crippen LogP contribution in [-0.2, 0) is 0 Å². The molecule has 0 radical (unpaired) electrons. The normalized spacial score (nSPS) is 9.13. The maximum atomic E-state index is 11.8. The molecule has 0 aliphatic heterocycles. The molecule has 0 saturated carbocycles. The first kappa shape index (κ1) is 11.1. The number of carbonyl (C=O) groups is 1. The molecule has 1 rings (SSSR count). The molecule has 78 valence electrons. The molecule has 0 atom stereocenters. The summed E-state index contributed by atoms with van der Waals surface area (Å²) in [7, 11) is 3.23. The largest absolute Gasteiger partial charge is 0.497 e. The molecule has 0 unspecified atom stereocenters. The summed E-state index contributed by atoms with van der Waals surface area (Å²) >= 11 is 0. The molecule has 1 aromatic carbocycles. The van der Waals surface area contributed by atoms with E-state index in [1.165, 1.54) is 4.90 Å². The monoisotopic (exact) mass is 203 g/mol. The average molecular weight is 203 g/mol. The Morgan fingerprint density at radius 1 is 1.60 bits per heavy atom. The minimum Gasteiger partial charge on any atom is -0.497 e. The van der Waals surface area contributed by atoms with Crippen LogP contribution in [0.25, 0.3) is 0 Å². The third-order valence-corrected chi connectivity index (χ3v) is 1.99. The van der Waals surface area contributed by atoms with Crippen molar-refractivity contribution in [3.8, 4) is 18.1 Å². The lowest BCUT2D eigenvalue weighted by molar-refractivity contribution is 0.0812. The van der Waals surface area contributed by atoms with Gasteiger partial charge in [0.1, 0.15) is 5.75 Å². The molecular weight excluding hydrogens is 190 g/mol. The highest BCUT2D eigenvalue weighted by Crippen LogP contribution is 2.13. The molecule has 0 bridgehead atoms. The Balaban J connectivity index is 2.87. The van der Waals surface area contributed by atoms with Crippen LogP contribution in [0.5, 0.6) is 5.75 Å². The minimum atomic E-state index is -0.105. The second-order valence-electron chi connectivity index (χ2n) is 3.10. The molecule has 1 amide bonds. The molecule has 0 spiro atoms. The number of methoxy groups -OCH3 is 1. The van der Waals surface area contributed by atoms with Gasteiger partial charge in [-0.05, 0) is 18.2 Å². The number of amides is 1. The van der Waals surface area contributed by atoms with E-state index in [0.717, 1.165) is 0 Å². The fourth-order valence-corrected chi connectivity index (χ4v) is 1.19. The van der Waals surface area contributed by atoms with Gasteiger partial charge in [0, 0.05) is 12.6 Å². The topological polar surface area (TPSA) is 29.5 Å². The number of hydrogen-bond acceptors (Lipinski definition) is 2.